The zero-order valence-electron chi connectivity index (χ0n) is 26.2. The van der Waals surface area contributed by atoms with Crippen molar-refractivity contribution in [3.8, 4) is 0 Å². The van der Waals surface area contributed by atoms with Gasteiger partial charge < -0.3 is 20.5 Å². The molecule has 4 unspecified atom stereocenters. The van der Waals surface area contributed by atoms with Crippen LogP contribution in [0.2, 0.25) is 0 Å². The number of pyridine rings is 1. The first-order valence-electron chi connectivity index (χ1n) is 16.8. The van der Waals surface area contributed by atoms with Gasteiger partial charge in [0.15, 0.2) is 0 Å². The number of carbonyl (C=O) groups is 1. The van der Waals surface area contributed by atoms with Crippen molar-refractivity contribution in [1.29, 1.82) is 0 Å². The SMILES string of the molecule is COC(=O)CC[C@@H](C)[C@H]1CCC2C3C(O)C[C@H]4C[C@@H](NCCCCNCc5cccnc5)CC[C@]4(C)C3CC[C@@]21C. The Hall–Kier alpha value is -1.50. The predicted molar refractivity (Wildman–Crippen MR) is 164 cm³/mol. The molecular formula is C35H57N3O3. The Labute approximate surface area is 249 Å². The number of ether oxygens (including phenoxy) is 1. The number of carbonyl (C=O) groups excluding carboxylic acids is 1. The number of aliphatic hydroxyl groups excluding tert-OH is 1. The highest BCUT2D eigenvalue weighted by Gasteiger charge is 2.62. The maximum absolute atomic E-state index is 11.8. The monoisotopic (exact) mass is 567 g/mol. The molecule has 0 bridgehead atoms. The van der Waals surface area contributed by atoms with Gasteiger partial charge in [0.25, 0.3) is 0 Å². The summed E-state index contributed by atoms with van der Waals surface area (Å²) in [5.41, 5.74) is 1.91. The van der Waals surface area contributed by atoms with E-state index in [1.807, 2.05) is 18.5 Å². The van der Waals surface area contributed by atoms with Crippen molar-refractivity contribution < 1.29 is 14.6 Å². The molecule has 6 heteroatoms. The van der Waals surface area contributed by atoms with Gasteiger partial charge in [-0.15, -0.1) is 0 Å². The fraction of sp³-hybridized carbons (Fsp3) is 0.829. The van der Waals surface area contributed by atoms with Crippen LogP contribution in [0.5, 0.6) is 0 Å². The predicted octanol–water partition coefficient (Wildman–Crippen LogP) is 6.13. The van der Waals surface area contributed by atoms with Gasteiger partial charge in [-0.25, -0.2) is 0 Å². The smallest absolute Gasteiger partial charge is 0.305 e. The van der Waals surface area contributed by atoms with E-state index in [0.717, 1.165) is 32.5 Å². The van der Waals surface area contributed by atoms with Crippen LogP contribution in [0, 0.1) is 46.3 Å². The van der Waals surface area contributed by atoms with Crippen molar-refractivity contribution >= 4 is 5.97 Å². The van der Waals surface area contributed by atoms with Gasteiger partial charge in [-0.1, -0.05) is 26.8 Å². The summed E-state index contributed by atoms with van der Waals surface area (Å²) in [5.74, 6) is 3.47. The molecule has 4 aliphatic rings. The normalized spacial score (nSPS) is 38.9. The van der Waals surface area contributed by atoms with E-state index in [1.54, 1.807) is 0 Å². The molecule has 1 aromatic heterocycles. The zero-order chi connectivity index (χ0) is 29.0. The van der Waals surface area contributed by atoms with Crippen LogP contribution in [-0.4, -0.2) is 48.4 Å². The molecule has 4 aliphatic carbocycles. The lowest BCUT2D eigenvalue weighted by atomic mass is 9.43. The van der Waals surface area contributed by atoms with Crippen molar-refractivity contribution in [1.82, 2.24) is 15.6 Å². The van der Waals surface area contributed by atoms with E-state index in [0.29, 0.717) is 58.8 Å². The standard InChI is InChI=1S/C35H57N3O3/c1-24(9-12-32(40)41-4)28-10-11-29-33-30(14-16-35(28,29)3)34(2)15-13-27(20-26(34)21-31(33)39)38-19-6-5-17-36-22-25-8-7-18-37-23-25/h7-8,18,23-24,26-31,33,36,38-39H,5-6,9-17,19-22H2,1-4H3/t24-,26-,27+,28-,29?,30?,31?,33?,34+,35-/m1/s1. The van der Waals surface area contributed by atoms with Gasteiger partial charge >= 0.3 is 5.97 Å². The molecule has 0 aromatic carbocycles. The first-order chi connectivity index (χ1) is 19.8. The third-order valence-electron chi connectivity index (χ3n) is 12.7. The molecule has 0 radical (unpaired) electrons. The quantitative estimate of drug-likeness (QED) is 0.208. The highest BCUT2D eigenvalue weighted by Crippen LogP contribution is 2.68. The van der Waals surface area contributed by atoms with Gasteiger partial charge in [0, 0.05) is 31.4 Å². The van der Waals surface area contributed by atoms with Crippen LogP contribution in [0.15, 0.2) is 24.5 Å². The van der Waals surface area contributed by atoms with Crippen LogP contribution in [0.3, 0.4) is 0 Å². The Morgan fingerprint density at radius 1 is 1.10 bits per heavy atom. The van der Waals surface area contributed by atoms with E-state index in [1.165, 1.54) is 70.5 Å². The summed E-state index contributed by atoms with van der Waals surface area (Å²) in [6.45, 7) is 10.5. The topological polar surface area (TPSA) is 83.5 Å². The molecule has 3 N–H and O–H groups in total. The summed E-state index contributed by atoms with van der Waals surface area (Å²) < 4.78 is 4.92. The number of hydrogen-bond acceptors (Lipinski definition) is 6. The fourth-order valence-electron chi connectivity index (χ4n) is 10.4. The lowest BCUT2D eigenvalue weighted by Crippen LogP contribution is -2.59. The van der Waals surface area contributed by atoms with Crippen LogP contribution in [0.4, 0.5) is 0 Å². The van der Waals surface area contributed by atoms with Crippen molar-refractivity contribution in [2.24, 2.45) is 46.3 Å². The zero-order valence-corrected chi connectivity index (χ0v) is 26.2. The average Bonchev–Trinajstić information content (AvgIpc) is 3.33. The van der Waals surface area contributed by atoms with Crippen molar-refractivity contribution in [3.05, 3.63) is 30.1 Å². The number of hydrogen-bond donors (Lipinski definition) is 3. The second-order valence-electron chi connectivity index (χ2n) is 14.8. The van der Waals surface area contributed by atoms with Crippen LogP contribution in [0.25, 0.3) is 0 Å². The minimum atomic E-state index is -0.156. The van der Waals surface area contributed by atoms with Gasteiger partial charge in [-0.2, -0.15) is 0 Å². The van der Waals surface area contributed by atoms with E-state index in [2.05, 4.69) is 42.5 Å². The third kappa shape index (κ3) is 6.55. The molecule has 230 valence electrons. The van der Waals surface area contributed by atoms with Gasteiger partial charge in [-0.05, 0) is 142 Å². The lowest BCUT2D eigenvalue weighted by molar-refractivity contribution is -0.167. The number of fused-ring (bicyclic) bond motifs is 5. The Bertz CT molecular complexity index is 990. The molecule has 4 fully saturated rings. The number of aromatic nitrogens is 1. The maximum atomic E-state index is 11.8. The molecule has 1 aromatic rings. The molecule has 5 rings (SSSR count). The largest absolute Gasteiger partial charge is 0.469 e. The third-order valence-corrected chi connectivity index (χ3v) is 12.7. The molecule has 0 aliphatic heterocycles. The Morgan fingerprint density at radius 3 is 2.66 bits per heavy atom. The van der Waals surface area contributed by atoms with Crippen LogP contribution in [-0.2, 0) is 16.1 Å². The summed E-state index contributed by atoms with van der Waals surface area (Å²) in [6, 6.07) is 4.71. The molecule has 6 nitrogen and oxygen atoms in total. The van der Waals surface area contributed by atoms with E-state index < -0.39 is 0 Å². The molecule has 0 spiro atoms. The molecule has 10 atom stereocenters. The molecule has 1 heterocycles. The maximum Gasteiger partial charge on any atom is 0.305 e. The Kier molecular flexibility index (Phi) is 10.1. The van der Waals surface area contributed by atoms with Gasteiger partial charge in [0.2, 0.25) is 0 Å². The second kappa shape index (κ2) is 13.4. The summed E-state index contributed by atoms with van der Waals surface area (Å²) in [7, 11) is 1.49. The Balaban J connectivity index is 1.10. The van der Waals surface area contributed by atoms with Gasteiger partial charge in [-0.3, -0.25) is 9.78 Å². The van der Waals surface area contributed by atoms with Crippen LogP contribution < -0.4 is 10.6 Å². The number of rotatable bonds is 12. The van der Waals surface area contributed by atoms with Crippen LogP contribution >= 0.6 is 0 Å². The van der Waals surface area contributed by atoms with Crippen molar-refractivity contribution in [2.45, 2.75) is 117 Å². The van der Waals surface area contributed by atoms with Gasteiger partial charge in [0.1, 0.15) is 0 Å². The molecule has 4 saturated carbocycles. The molecule has 0 amide bonds. The highest BCUT2D eigenvalue weighted by atomic mass is 16.5. The van der Waals surface area contributed by atoms with Crippen molar-refractivity contribution in [2.75, 3.05) is 20.2 Å². The fourth-order valence-corrected chi connectivity index (χ4v) is 10.4. The second-order valence-corrected chi connectivity index (χ2v) is 14.8. The first-order valence-corrected chi connectivity index (χ1v) is 16.8. The highest BCUT2D eigenvalue weighted by molar-refractivity contribution is 5.69. The number of esters is 1. The Morgan fingerprint density at radius 2 is 1.88 bits per heavy atom. The molecule has 41 heavy (non-hydrogen) atoms. The number of nitrogens with zero attached hydrogens (tertiary/aromatic N) is 1. The summed E-state index contributed by atoms with van der Waals surface area (Å²) in [6.07, 6.45) is 17.3. The number of unbranched alkanes of at least 4 members (excludes halogenated alkanes) is 1. The number of aliphatic hydroxyl groups is 1. The summed E-state index contributed by atoms with van der Waals surface area (Å²) >= 11 is 0. The van der Waals surface area contributed by atoms with Gasteiger partial charge in [0.05, 0.1) is 13.2 Å². The summed E-state index contributed by atoms with van der Waals surface area (Å²) in [5, 5.41) is 19.2. The molecule has 0 saturated heterocycles. The number of nitrogens with one attached hydrogen (secondary N) is 2. The lowest BCUT2D eigenvalue weighted by Gasteiger charge is -2.62. The first kappa shape index (κ1) is 30.9. The molecular weight excluding hydrogens is 510 g/mol. The van der Waals surface area contributed by atoms with Crippen molar-refractivity contribution in [3.63, 3.8) is 0 Å². The average molecular weight is 568 g/mol. The van der Waals surface area contributed by atoms with E-state index >= 15 is 0 Å². The number of methoxy groups -OCH3 is 1. The minimum absolute atomic E-state index is 0.0826. The summed E-state index contributed by atoms with van der Waals surface area (Å²) in [4.78, 5) is 16.0. The van der Waals surface area contributed by atoms with E-state index in [-0.39, 0.29) is 12.1 Å². The minimum Gasteiger partial charge on any atom is -0.469 e. The van der Waals surface area contributed by atoms with E-state index in [9.17, 15) is 9.90 Å². The van der Waals surface area contributed by atoms with Crippen LogP contribution in [0.1, 0.15) is 103 Å². The van der Waals surface area contributed by atoms with E-state index in [4.69, 9.17) is 4.74 Å².